The van der Waals surface area contributed by atoms with Gasteiger partial charge < -0.3 is 14.5 Å². The first-order chi connectivity index (χ1) is 13.2. The number of esters is 1. The van der Waals surface area contributed by atoms with Crippen LogP contribution in [0.3, 0.4) is 0 Å². The number of hydrogen-bond acceptors (Lipinski definition) is 7. The van der Waals surface area contributed by atoms with Crippen molar-refractivity contribution in [1.82, 2.24) is 9.97 Å². The summed E-state index contributed by atoms with van der Waals surface area (Å²) >= 11 is 1.46. The van der Waals surface area contributed by atoms with Crippen LogP contribution in [0.25, 0.3) is 10.2 Å². The Morgan fingerprint density at radius 3 is 2.70 bits per heavy atom. The van der Waals surface area contributed by atoms with Crippen LogP contribution in [0.2, 0.25) is 0 Å². The lowest BCUT2D eigenvalue weighted by molar-refractivity contribution is 0.0529. The van der Waals surface area contributed by atoms with Gasteiger partial charge in [0.05, 0.1) is 17.6 Å². The van der Waals surface area contributed by atoms with Crippen molar-refractivity contribution in [3.63, 3.8) is 0 Å². The smallest absolute Gasteiger partial charge is 0.339 e. The van der Waals surface area contributed by atoms with Gasteiger partial charge in [0.1, 0.15) is 17.0 Å². The number of ether oxygens (including phenoxy) is 1. The molecule has 0 spiro atoms. The third-order valence-electron chi connectivity index (χ3n) is 4.79. The number of anilines is 2. The third-order valence-corrected chi connectivity index (χ3v) is 5.68. The topological polar surface area (TPSA) is 58.6 Å². The molecule has 0 bridgehead atoms. The molecule has 1 fully saturated rings. The zero-order valence-electron chi connectivity index (χ0n) is 15.5. The van der Waals surface area contributed by atoms with Crippen molar-refractivity contribution in [2.24, 2.45) is 0 Å². The Kier molecular flexibility index (Phi) is 4.94. The summed E-state index contributed by atoms with van der Waals surface area (Å²) in [7, 11) is 0. The number of nitrogens with zero attached hydrogens (tertiary/aromatic N) is 4. The van der Waals surface area contributed by atoms with Gasteiger partial charge in [-0.25, -0.2) is 14.8 Å². The molecule has 0 amide bonds. The maximum absolute atomic E-state index is 12.3. The number of benzene rings is 1. The molecule has 0 aliphatic carbocycles. The fourth-order valence-electron chi connectivity index (χ4n) is 3.46. The number of thiophene rings is 1. The minimum absolute atomic E-state index is 0.307. The minimum Gasteiger partial charge on any atom is -0.462 e. The highest BCUT2D eigenvalue weighted by atomic mass is 32.1. The third kappa shape index (κ3) is 3.47. The molecule has 0 saturated carbocycles. The quantitative estimate of drug-likeness (QED) is 0.644. The Morgan fingerprint density at radius 1 is 1.19 bits per heavy atom. The van der Waals surface area contributed by atoms with Gasteiger partial charge in [-0.05, 0) is 31.5 Å². The summed E-state index contributed by atoms with van der Waals surface area (Å²) in [5, 5.41) is 2.63. The van der Waals surface area contributed by atoms with E-state index in [2.05, 4.69) is 51.0 Å². The Bertz CT molecular complexity index is 964. The number of carbonyl (C=O) groups excluding carboxylic acids is 1. The van der Waals surface area contributed by atoms with Crippen LogP contribution in [0, 0.1) is 6.92 Å². The van der Waals surface area contributed by atoms with Crippen molar-refractivity contribution >= 4 is 39.0 Å². The van der Waals surface area contributed by atoms with E-state index < -0.39 is 0 Å². The molecule has 6 nitrogen and oxygen atoms in total. The van der Waals surface area contributed by atoms with Gasteiger partial charge in [-0.3, -0.25) is 0 Å². The van der Waals surface area contributed by atoms with E-state index in [1.165, 1.54) is 22.6 Å². The van der Waals surface area contributed by atoms with Gasteiger partial charge in [0.25, 0.3) is 0 Å². The first-order valence-corrected chi connectivity index (χ1v) is 10.0. The molecular formula is C20H22N4O2S. The number of rotatable bonds is 4. The molecule has 7 heteroatoms. The summed E-state index contributed by atoms with van der Waals surface area (Å²) in [6, 6.07) is 8.59. The molecular weight excluding hydrogens is 360 g/mol. The minimum atomic E-state index is -0.307. The average molecular weight is 382 g/mol. The van der Waals surface area contributed by atoms with Gasteiger partial charge in [-0.2, -0.15) is 0 Å². The van der Waals surface area contributed by atoms with Crippen molar-refractivity contribution in [2.45, 2.75) is 13.8 Å². The van der Waals surface area contributed by atoms with Crippen LogP contribution in [0.5, 0.6) is 0 Å². The molecule has 0 radical (unpaired) electrons. The van der Waals surface area contributed by atoms with Gasteiger partial charge in [-0.1, -0.05) is 12.1 Å². The number of carbonyl (C=O) groups is 1. The van der Waals surface area contributed by atoms with Gasteiger partial charge in [-0.15, -0.1) is 11.3 Å². The summed E-state index contributed by atoms with van der Waals surface area (Å²) in [6.45, 7) is 7.80. The highest BCUT2D eigenvalue weighted by Crippen LogP contribution is 2.32. The number of fused-ring (bicyclic) bond motifs is 1. The standard InChI is InChI=1S/C20H22N4O2S/c1-3-26-20(25)16-12-27-19-17(16)18(21-13-22-19)24-9-7-23(8-10-24)15-6-4-5-14(2)11-15/h4-6,11-13H,3,7-10H2,1-2H3. The molecule has 1 saturated heterocycles. The fraction of sp³-hybridized carbons (Fsp3) is 0.350. The molecule has 1 aliphatic heterocycles. The fourth-order valence-corrected chi connectivity index (χ4v) is 4.33. The second-order valence-corrected chi connectivity index (χ2v) is 7.42. The molecule has 27 heavy (non-hydrogen) atoms. The Morgan fingerprint density at radius 2 is 1.96 bits per heavy atom. The van der Waals surface area contributed by atoms with Crippen molar-refractivity contribution in [3.05, 3.63) is 47.1 Å². The number of piperazine rings is 1. The SMILES string of the molecule is CCOC(=O)c1csc2ncnc(N3CCN(c4cccc(C)c4)CC3)c12. The second-order valence-electron chi connectivity index (χ2n) is 6.56. The zero-order chi connectivity index (χ0) is 18.8. The van der Waals surface area contributed by atoms with Crippen molar-refractivity contribution < 1.29 is 9.53 Å². The summed E-state index contributed by atoms with van der Waals surface area (Å²) in [4.78, 5) is 26.6. The largest absolute Gasteiger partial charge is 0.462 e. The van der Waals surface area contributed by atoms with Crippen molar-refractivity contribution in [2.75, 3.05) is 42.6 Å². The lowest BCUT2D eigenvalue weighted by Crippen LogP contribution is -2.47. The lowest BCUT2D eigenvalue weighted by Gasteiger charge is -2.37. The van der Waals surface area contributed by atoms with Crippen LogP contribution >= 0.6 is 11.3 Å². The number of aromatic nitrogens is 2. The predicted octanol–water partition coefficient (Wildman–Crippen LogP) is 3.50. The van der Waals surface area contributed by atoms with E-state index in [1.807, 2.05) is 12.3 Å². The summed E-state index contributed by atoms with van der Waals surface area (Å²) in [5.41, 5.74) is 3.09. The van der Waals surface area contributed by atoms with Crippen LogP contribution < -0.4 is 9.80 Å². The molecule has 0 unspecified atom stereocenters. The van der Waals surface area contributed by atoms with Crippen LogP contribution in [-0.4, -0.2) is 48.7 Å². The van der Waals surface area contributed by atoms with Crippen LogP contribution in [0.4, 0.5) is 11.5 Å². The highest BCUT2D eigenvalue weighted by molar-refractivity contribution is 7.17. The molecule has 1 aromatic carbocycles. The van der Waals surface area contributed by atoms with Gasteiger partial charge in [0, 0.05) is 37.2 Å². The monoisotopic (exact) mass is 382 g/mol. The second kappa shape index (κ2) is 7.52. The van der Waals surface area contributed by atoms with E-state index in [0.29, 0.717) is 12.2 Å². The van der Waals surface area contributed by atoms with Gasteiger partial charge in [0.15, 0.2) is 0 Å². The summed E-state index contributed by atoms with van der Waals surface area (Å²) < 4.78 is 5.21. The summed E-state index contributed by atoms with van der Waals surface area (Å²) in [6.07, 6.45) is 1.58. The maximum Gasteiger partial charge on any atom is 0.339 e. The highest BCUT2D eigenvalue weighted by Gasteiger charge is 2.24. The van der Waals surface area contributed by atoms with E-state index in [0.717, 1.165) is 42.2 Å². The molecule has 2 aromatic heterocycles. The predicted molar refractivity (Wildman–Crippen MR) is 109 cm³/mol. The Labute approximate surface area is 162 Å². The van der Waals surface area contributed by atoms with E-state index >= 15 is 0 Å². The molecule has 4 rings (SSSR count). The molecule has 0 atom stereocenters. The van der Waals surface area contributed by atoms with Crippen LogP contribution in [0.1, 0.15) is 22.8 Å². The van der Waals surface area contributed by atoms with E-state index in [9.17, 15) is 4.79 Å². The molecule has 3 heterocycles. The van der Waals surface area contributed by atoms with E-state index in [4.69, 9.17) is 4.74 Å². The van der Waals surface area contributed by atoms with Crippen molar-refractivity contribution in [3.8, 4) is 0 Å². The van der Waals surface area contributed by atoms with E-state index in [1.54, 1.807) is 6.33 Å². The number of aryl methyl sites for hydroxylation is 1. The van der Waals surface area contributed by atoms with Gasteiger partial charge in [0.2, 0.25) is 0 Å². The molecule has 0 N–H and O–H groups in total. The molecule has 1 aliphatic rings. The van der Waals surface area contributed by atoms with Crippen LogP contribution in [0.15, 0.2) is 36.0 Å². The first-order valence-electron chi connectivity index (χ1n) is 9.13. The maximum atomic E-state index is 12.3. The Balaban J connectivity index is 1.59. The Hall–Kier alpha value is -2.67. The molecule has 140 valence electrons. The van der Waals surface area contributed by atoms with E-state index in [-0.39, 0.29) is 5.97 Å². The number of hydrogen-bond donors (Lipinski definition) is 0. The van der Waals surface area contributed by atoms with Crippen molar-refractivity contribution in [1.29, 1.82) is 0 Å². The zero-order valence-corrected chi connectivity index (χ0v) is 16.3. The average Bonchev–Trinajstić information content (AvgIpc) is 3.13. The van der Waals surface area contributed by atoms with Crippen LogP contribution in [-0.2, 0) is 4.74 Å². The molecule has 3 aromatic rings. The van der Waals surface area contributed by atoms with Gasteiger partial charge >= 0.3 is 5.97 Å². The first kappa shape index (κ1) is 17.7. The summed E-state index contributed by atoms with van der Waals surface area (Å²) in [5.74, 6) is 0.520. The normalized spacial score (nSPS) is 14.6. The lowest BCUT2D eigenvalue weighted by atomic mass is 10.1.